The van der Waals surface area contributed by atoms with Crippen molar-refractivity contribution in [1.82, 2.24) is 20.2 Å². The number of thioether (sulfide) groups is 1. The fourth-order valence-electron chi connectivity index (χ4n) is 4.13. The molecule has 5 rings (SSSR count). The van der Waals surface area contributed by atoms with Crippen molar-refractivity contribution in [3.8, 4) is 22.8 Å². The van der Waals surface area contributed by atoms with Crippen molar-refractivity contribution >= 4 is 34.2 Å². The summed E-state index contributed by atoms with van der Waals surface area (Å²) in [4.78, 5) is 12.7. The number of carbonyl (C=O) groups is 1. The number of aryl methyl sites for hydroxylation is 1. The van der Waals surface area contributed by atoms with Crippen LogP contribution in [0.4, 0.5) is 0 Å². The summed E-state index contributed by atoms with van der Waals surface area (Å²) < 4.78 is 7.27. The second-order valence-electron chi connectivity index (χ2n) is 8.75. The van der Waals surface area contributed by atoms with Crippen LogP contribution in [0.15, 0.2) is 101 Å². The van der Waals surface area contributed by atoms with E-state index in [1.807, 2.05) is 91.2 Å². The van der Waals surface area contributed by atoms with Crippen LogP contribution in [0.2, 0.25) is 0 Å². The van der Waals surface area contributed by atoms with Gasteiger partial charge in [0.25, 0.3) is 5.91 Å². The van der Waals surface area contributed by atoms with Crippen molar-refractivity contribution in [2.45, 2.75) is 19.0 Å². The molecule has 1 aromatic heterocycles. The molecule has 1 amide bonds. The number of amides is 1. The summed E-state index contributed by atoms with van der Waals surface area (Å²) in [6.45, 7) is 3.94. The molecule has 0 atom stereocenters. The minimum atomic E-state index is -0.226. The van der Waals surface area contributed by atoms with E-state index in [1.54, 1.807) is 7.11 Å². The van der Waals surface area contributed by atoms with Gasteiger partial charge in [0.1, 0.15) is 5.75 Å². The van der Waals surface area contributed by atoms with Crippen molar-refractivity contribution < 1.29 is 9.53 Å². The molecule has 0 bridgehead atoms. The molecule has 1 N–H and O–H groups in total. The van der Waals surface area contributed by atoms with Gasteiger partial charge in [-0.2, -0.15) is 5.10 Å². The average molecular weight is 522 g/mol. The highest BCUT2D eigenvalue weighted by molar-refractivity contribution is 7.99. The largest absolute Gasteiger partial charge is 0.497 e. The van der Waals surface area contributed by atoms with E-state index in [0.29, 0.717) is 11.0 Å². The van der Waals surface area contributed by atoms with Crippen molar-refractivity contribution in [2.75, 3.05) is 12.9 Å². The first kappa shape index (κ1) is 25.2. The third-order valence-corrected chi connectivity index (χ3v) is 7.06. The second-order valence-corrected chi connectivity index (χ2v) is 9.70. The first-order valence-electron chi connectivity index (χ1n) is 12.1. The van der Waals surface area contributed by atoms with Gasteiger partial charge in [-0.15, -0.1) is 10.2 Å². The van der Waals surface area contributed by atoms with Gasteiger partial charge in [-0.25, -0.2) is 5.43 Å². The van der Waals surface area contributed by atoms with Gasteiger partial charge in [0.15, 0.2) is 11.0 Å². The van der Waals surface area contributed by atoms with E-state index in [0.717, 1.165) is 44.6 Å². The molecule has 38 heavy (non-hydrogen) atoms. The molecule has 8 heteroatoms. The molecule has 0 unspecified atom stereocenters. The highest BCUT2D eigenvalue weighted by atomic mass is 32.2. The number of carbonyl (C=O) groups excluding carboxylic acids is 1. The van der Waals surface area contributed by atoms with E-state index in [1.165, 1.54) is 11.8 Å². The van der Waals surface area contributed by atoms with E-state index in [-0.39, 0.29) is 11.7 Å². The SMILES string of the molecule is COc1ccc(-n2c(SCC(=O)N/N=C(\C)c3cccc4ccccc34)nnc2-c2ccc(C)cc2)cc1. The molecular formula is C30H27N5O2S. The van der Waals surface area contributed by atoms with Gasteiger partial charge in [-0.05, 0) is 48.9 Å². The lowest BCUT2D eigenvalue weighted by Crippen LogP contribution is -2.21. The number of ether oxygens (including phenoxy) is 1. The van der Waals surface area contributed by atoms with E-state index >= 15 is 0 Å². The van der Waals surface area contributed by atoms with Crippen LogP contribution in [0.5, 0.6) is 5.75 Å². The molecule has 0 saturated carbocycles. The molecule has 4 aromatic carbocycles. The number of benzene rings is 4. The van der Waals surface area contributed by atoms with Gasteiger partial charge >= 0.3 is 0 Å². The maximum atomic E-state index is 12.7. The Kier molecular flexibility index (Phi) is 7.51. The number of methoxy groups -OCH3 is 1. The van der Waals surface area contributed by atoms with Crippen LogP contribution in [0, 0.1) is 6.92 Å². The summed E-state index contributed by atoms with van der Waals surface area (Å²) in [5.74, 6) is 1.36. The number of aromatic nitrogens is 3. The summed E-state index contributed by atoms with van der Waals surface area (Å²) in [5.41, 5.74) is 7.38. The van der Waals surface area contributed by atoms with Gasteiger partial charge in [0, 0.05) is 16.8 Å². The van der Waals surface area contributed by atoms with Crippen LogP contribution in [-0.4, -0.2) is 39.2 Å². The second kappa shape index (κ2) is 11.3. The van der Waals surface area contributed by atoms with Crippen LogP contribution < -0.4 is 10.2 Å². The smallest absolute Gasteiger partial charge is 0.250 e. The summed E-state index contributed by atoms with van der Waals surface area (Å²) in [6.07, 6.45) is 0. The minimum absolute atomic E-state index is 0.133. The maximum absolute atomic E-state index is 12.7. The molecule has 5 aromatic rings. The number of hydrazone groups is 1. The Morgan fingerprint density at radius 1 is 0.947 bits per heavy atom. The van der Waals surface area contributed by atoms with E-state index in [9.17, 15) is 4.79 Å². The van der Waals surface area contributed by atoms with Gasteiger partial charge < -0.3 is 4.74 Å². The van der Waals surface area contributed by atoms with Crippen molar-refractivity contribution in [1.29, 1.82) is 0 Å². The molecule has 0 aliphatic rings. The molecule has 1 heterocycles. The summed E-state index contributed by atoms with van der Waals surface area (Å²) >= 11 is 1.31. The Morgan fingerprint density at radius 2 is 1.68 bits per heavy atom. The van der Waals surface area contributed by atoms with Crippen molar-refractivity contribution in [3.05, 3.63) is 102 Å². The van der Waals surface area contributed by atoms with Crippen LogP contribution >= 0.6 is 11.8 Å². The Hall–Kier alpha value is -4.43. The lowest BCUT2D eigenvalue weighted by atomic mass is 10.0. The van der Waals surface area contributed by atoms with Gasteiger partial charge in [-0.1, -0.05) is 84.1 Å². The molecule has 0 aliphatic heterocycles. The lowest BCUT2D eigenvalue weighted by Gasteiger charge is -2.11. The molecule has 0 saturated heterocycles. The van der Waals surface area contributed by atoms with Crippen LogP contribution in [0.25, 0.3) is 27.8 Å². The van der Waals surface area contributed by atoms with E-state index in [4.69, 9.17) is 4.74 Å². The first-order valence-corrected chi connectivity index (χ1v) is 13.1. The average Bonchev–Trinajstić information content (AvgIpc) is 3.38. The highest BCUT2D eigenvalue weighted by Gasteiger charge is 2.17. The monoisotopic (exact) mass is 521 g/mol. The summed E-state index contributed by atoms with van der Waals surface area (Å²) in [6, 6.07) is 30.0. The van der Waals surface area contributed by atoms with Crippen molar-refractivity contribution in [2.24, 2.45) is 5.10 Å². The Balaban J connectivity index is 1.35. The molecule has 0 spiro atoms. The number of nitrogens with one attached hydrogen (secondary N) is 1. The molecule has 0 fully saturated rings. The van der Waals surface area contributed by atoms with E-state index < -0.39 is 0 Å². The molecule has 7 nitrogen and oxygen atoms in total. The quantitative estimate of drug-likeness (QED) is 0.153. The van der Waals surface area contributed by atoms with Crippen LogP contribution in [0.3, 0.4) is 0 Å². The number of rotatable bonds is 8. The summed E-state index contributed by atoms with van der Waals surface area (Å²) in [5, 5.41) is 16.1. The Labute approximate surface area is 225 Å². The fourth-order valence-corrected chi connectivity index (χ4v) is 4.87. The van der Waals surface area contributed by atoms with Crippen LogP contribution in [0.1, 0.15) is 18.1 Å². The van der Waals surface area contributed by atoms with Crippen LogP contribution in [-0.2, 0) is 4.79 Å². The number of fused-ring (bicyclic) bond motifs is 1. The third-order valence-electron chi connectivity index (χ3n) is 6.13. The maximum Gasteiger partial charge on any atom is 0.250 e. The Bertz CT molecular complexity index is 1600. The minimum Gasteiger partial charge on any atom is -0.497 e. The van der Waals surface area contributed by atoms with Crippen molar-refractivity contribution in [3.63, 3.8) is 0 Å². The normalized spacial score (nSPS) is 11.5. The molecule has 0 aliphatic carbocycles. The van der Waals surface area contributed by atoms with Gasteiger partial charge in [-0.3, -0.25) is 9.36 Å². The first-order chi connectivity index (χ1) is 18.5. The molecular weight excluding hydrogens is 494 g/mol. The number of nitrogens with zero attached hydrogens (tertiary/aromatic N) is 4. The summed E-state index contributed by atoms with van der Waals surface area (Å²) in [7, 11) is 1.63. The zero-order valence-electron chi connectivity index (χ0n) is 21.4. The molecule has 0 radical (unpaired) electrons. The molecule has 190 valence electrons. The lowest BCUT2D eigenvalue weighted by molar-refractivity contribution is -0.118. The predicted molar refractivity (Wildman–Crippen MR) is 153 cm³/mol. The topological polar surface area (TPSA) is 81.4 Å². The standard InChI is InChI=1S/C30H27N5O2S/c1-20-11-13-23(14-12-20)29-33-34-30(35(29)24-15-17-25(37-3)18-16-24)38-19-28(36)32-31-21(2)26-10-6-8-22-7-4-5-9-27(22)26/h4-18H,19H2,1-3H3,(H,32,36)/b31-21+. The number of hydrogen-bond acceptors (Lipinski definition) is 6. The van der Waals surface area contributed by atoms with Gasteiger partial charge in [0.05, 0.1) is 18.6 Å². The Morgan fingerprint density at radius 3 is 2.45 bits per heavy atom. The van der Waals surface area contributed by atoms with E-state index in [2.05, 4.69) is 38.9 Å². The third kappa shape index (κ3) is 5.45. The van der Waals surface area contributed by atoms with Gasteiger partial charge in [0.2, 0.25) is 0 Å². The number of hydrogen-bond donors (Lipinski definition) is 1. The highest BCUT2D eigenvalue weighted by Crippen LogP contribution is 2.29. The fraction of sp³-hybridized carbons (Fsp3) is 0.133. The zero-order valence-corrected chi connectivity index (χ0v) is 22.2. The zero-order chi connectivity index (χ0) is 26.5. The predicted octanol–water partition coefficient (Wildman–Crippen LogP) is 6.04.